The average molecular weight is 311 g/mol. The monoisotopic (exact) mass is 310 g/mol. The van der Waals surface area contributed by atoms with Crippen LogP contribution in [0.25, 0.3) is 0 Å². The molecule has 1 aliphatic heterocycles. The first-order chi connectivity index (χ1) is 9.99. The van der Waals surface area contributed by atoms with Crippen LogP contribution in [-0.2, 0) is 16.1 Å². The van der Waals surface area contributed by atoms with E-state index in [2.05, 4.69) is 5.32 Å². The van der Waals surface area contributed by atoms with E-state index in [1.165, 1.54) is 11.0 Å². The van der Waals surface area contributed by atoms with Gasteiger partial charge >= 0.3 is 0 Å². The summed E-state index contributed by atoms with van der Waals surface area (Å²) in [6, 6.07) is 3.61. The minimum absolute atomic E-state index is 0.0211. The second kappa shape index (κ2) is 5.30. The lowest BCUT2D eigenvalue weighted by molar-refractivity contribution is -0.150. The average Bonchev–Trinajstić information content (AvgIpc) is 3.28. The van der Waals surface area contributed by atoms with E-state index in [-0.39, 0.29) is 29.3 Å². The summed E-state index contributed by atoms with van der Waals surface area (Å²) >= 11 is 5.76. The van der Waals surface area contributed by atoms with E-state index in [0.29, 0.717) is 5.56 Å². The van der Waals surface area contributed by atoms with Crippen LogP contribution in [0.1, 0.15) is 25.3 Å². The largest absolute Gasteiger partial charge is 0.342 e. The molecule has 0 bridgehead atoms. The fraction of sp³-hybridized carbons (Fsp3) is 0.467. The lowest BCUT2D eigenvalue weighted by atomic mass is 10.0. The van der Waals surface area contributed by atoms with Crippen LogP contribution in [0.3, 0.4) is 0 Å². The molecule has 1 saturated heterocycles. The Morgan fingerprint density at radius 2 is 2.10 bits per heavy atom. The first kappa shape index (κ1) is 14.3. The molecule has 4 nitrogen and oxygen atoms in total. The normalized spacial score (nSPS) is 26.0. The molecule has 2 aliphatic rings. The lowest BCUT2D eigenvalue weighted by Gasteiger charge is -2.37. The highest BCUT2D eigenvalue weighted by Gasteiger charge is 2.45. The van der Waals surface area contributed by atoms with Gasteiger partial charge in [-0.3, -0.25) is 9.59 Å². The van der Waals surface area contributed by atoms with Crippen molar-refractivity contribution in [1.82, 2.24) is 10.2 Å². The number of amides is 2. The molecule has 1 heterocycles. The second-order valence-electron chi connectivity index (χ2n) is 5.68. The van der Waals surface area contributed by atoms with E-state index in [0.717, 1.165) is 12.8 Å². The number of hydrogen-bond acceptors (Lipinski definition) is 2. The predicted molar refractivity (Wildman–Crippen MR) is 76.1 cm³/mol. The van der Waals surface area contributed by atoms with Crippen molar-refractivity contribution in [2.45, 2.75) is 38.4 Å². The first-order valence-corrected chi connectivity index (χ1v) is 7.40. The van der Waals surface area contributed by atoms with Crippen molar-refractivity contribution in [3.05, 3.63) is 34.6 Å². The van der Waals surface area contributed by atoms with Crippen molar-refractivity contribution in [3.63, 3.8) is 0 Å². The van der Waals surface area contributed by atoms with E-state index in [9.17, 15) is 14.0 Å². The van der Waals surface area contributed by atoms with E-state index < -0.39 is 17.9 Å². The molecule has 1 aromatic rings. The Balaban J connectivity index is 1.86. The summed E-state index contributed by atoms with van der Waals surface area (Å²) in [7, 11) is 0. The quantitative estimate of drug-likeness (QED) is 0.929. The number of carbonyl (C=O) groups excluding carboxylic acids is 2. The van der Waals surface area contributed by atoms with Gasteiger partial charge in [-0.15, -0.1) is 0 Å². The Hall–Kier alpha value is -1.62. The van der Waals surface area contributed by atoms with Gasteiger partial charge in [0.25, 0.3) is 0 Å². The van der Waals surface area contributed by atoms with Crippen molar-refractivity contribution in [2.24, 2.45) is 5.92 Å². The molecule has 1 aromatic carbocycles. The van der Waals surface area contributed by atoms with Crippen LogP contribution in [0, 0.1) is 11.7 Å². The van der Waals surface area contributed by atoms with E-state index >= 15 is 0 Å². The molecule has 21 heavy (non-hydrogen) atoms. The van der Waals surface area contributed by atoms with Crippen molar-refractivity contribution in [1.29, 1.82) is 0 Å². The maximum atomic E-state index is 14.0. The Kier molecular flexibility index (Phi) is 3.61. The van der Waals surface area contributed by atoms with Crippen LogP contribution in [0.15, 0.2) is 18.2 Å². The number of halogens is 2. The van der Waals surface area contributed by atoms with Crippen molar-refractivity contribution < 1.29 is 14.0 Å². The maximum absolute atomic E-state index is 14.0. The van der Waals surface area contributed by atoms with Crippen LogP contribution >= 0.6 is 11.6 Å². The Morgan fingerprint density at radius 1 is 1.38 bits per heavy atom. The maximum Gasteiger partial charge on any atom is 0.246 e. The third-order valence-corrected chi connectivity index (χ3v) is 4.45. The summed E-state index contributed by atoms with van der Waals surface area (Å²) in [4.78, 5) is 26.0. The van der Waals surface area contributed by atoms with Gasteiger partial charge in [-0.05, 0) is 31.7 Å². The third-order valence-electron chi connectivity index (χ3n) is 4.16. The van der Waals surface area contributed by atoms with Gasteiger partial charge in [-0.2, -0.15) is 0 Å². The van der Waals surface area contributed by atoms with Crippen molar-refractivity contribution >= 4 is 23.4 Å². The summed E-state index contributed by atoms with van der Waals surface area (Å²) in [6.45, 7) is 1.71. The summed E-state index contributed by atoms with van der Waals surface area (Å²) < 4.78 is 14.0. The molecule has 0 aromatic heterocycles. The van der Waals surface area contributed by atoms with Crippen LogP contribution in [0.2, 0.25) is 5.02 Å². The number of nitrogens with zero attached hydrogens (tertiary/aromatic N) is 1. The molecule has 6 heteroatoms. The predicted octanol–water partition coefficient (Wildman–Crippen LogP) is 2.10. The zero-order valence-corrected chi connectivity index (χ0v) is 12.4. The summed E-state index contributed by atoms with van der Waals surface area (Å²) in [5.74, 6) is -0.633. The van der Waals surface area contributed by atoms with Gasteiger partial charge in [0.15, 0.2) is 0 Å². The SMILES string of the molecule is CC1C(=O)NC(C2CC2)C(=O)N1Cc1cccc(Cl)c1F. The number of nitrogens with one attached hydrogen (secondary N) is 1. The Labute approximate surface area is 127 Å². The summed E-state index contributed by atoms with van der Waals surface area (Å²) in [5.41, 5.74) is 0.326. The number of rotatable bonds is 3. The molecule has 2 atom stereocenters. The topological polar surface area (TPSA) is 49.4 Å². The standard InChI is InChI=1S/C15H16ClFN2O2/c1-8-14(20)18-13(9-5-6-9)15(21)19(8)7-10-3-2-4-11(16)12(10)17/h2-4,8-9,13H,5-7H2,1H3,(H,18,20). The molecule has 0 radical (unpaired) electrons. The second-order valence-corrected chi connectivity index (χ2v) is 6.09. The highest BCUT2D eigenvalue weighted by Crippen LogP contribution is 2.35. The van der Waals surface area contributed by atoms with E-state index in [1.54, 1.807) is 19.1 Å². The van der Waals surface area contributed by atoms with Gasteiger partial charge in [0.1, 0.15) is 17.9 Å². The van der Waals surface area contributed by atoms with Crippen molar-refractivity contribution in [2.75, 3.05) is 0 Å². The van der Waals surface area contributed by atoms with Crippen molar-refractivity contribution in [3.8, 4) is 0 Å². The number of benzene rings is 1. The first-order valence-electron chi connectivity index (χ1n) is 7.03. The van der Waals surface area contributed by atoms with Gasteiger partial charge in [0.05, 0.1) is 5.02 Å². The molecule has 3 rings (SSSR count). The lowest BCUT2D eigenvalue weighted by Crippen LogP contribution is -2.62. The van der Waals surface area contributed by atoms with Gasteiger partial charge < -0.3 is 10.2 Å². The smallest absolute Gasteiger partial charge is 0.246 e. The highest BCUT2D eigenvalue weighted by molar-refractivity contribution is 6.30. The molecule has 1 aliphatic carbocycles. The molecular weight excluding hydrogens is 295 g/mol. The molecular formula is C15H16ClFN2O2. The molecule has 0 spiro atoms. The number of piperazine rings is 1. The van der Waals surface area contributed by atoms with E-state index in [1.807, 2.05) is 0 Å². The third kappa shape index (κ3) is 2.62. The summed E-state index contributed by atoms with van der Waals surface area (Å²) in [5, 5.41) is 2.79. The molecule has 1 saturated carbocycles. The van der Waals surface area contributed by atoms with Crippen LogP contribution in [0.4, 0.5) is 4.39 Å². The molecule has 2 fully saturated rings. The van der Waals surface area contributed by atoms with Crippen LogP contribution in [0.5, 0.6) is 0 Å². The minimum atomic E-state index is -0.606. The molecule has 2 amide bonds. The zero-order valence-electron chi connectivity index (χ0n) is 11.6. The Bertz CT molecular complexity index is 603. The zero-order chi connectivity index (χ0) is 15.1. The van der Waals surface area contributed by atoms with Gasteiger partial charge in [0, 0.05) is 12.1 Å². The fourth-order valence-electron chi connectivity index (χ4n) is 2.66. The van der Waals surface area contributed by atoms with Crippen LogP contribution in [-0.4, -0.2) is 28.8 Å². The number of hydrogen-bond donors (Lipinski definition) is 1. The number of carbonyl (C=O) groups is 2. The van der Waals surface area contributed by atoms with Gasteiger partial charge in [0.2, 0.25) is 11.8 Å². The highest BCUT2D eigenvalue weighted by atomic mass is 35.5. The minimum Gasteiger partial charge on any atom is -0.342 e. The fourth-order valence-corrected chi connectivity index (χ4v) is 2.86. The molecule has 2 unspecified atom stereocenters. The van der Waals surface area contributed by atoms with E-state index in [4.69, 9.17) is 11.6 Å². The Morgan fingerprint density at radius 3 is 2.76 bits per heavy atom. The summed E-state index contributed by atoms with van der Waals surface area (Å²) in [6.07, 6.45) is 1.90. The van der Waals surface area contributed by atoms with Gasteiger partial charge in [-0.1, -0.05) is 23.7 Å². The van der Waals surface area contributed by atoms with Gasteiger partial charge in [-0.25, -0.2) is 4.39 Å². The molecule has 1 N–H and O–H groups in total. The molecule has 112 valence electrons. The van der Waals surface area contributed by atoms with Crippen LogP contribution < -0.4 is 5.32 Å².